The van der Waals surface area contributed by atoms with Crippen LogP contribution >= 0.6 is 0 Å². The van der Waals surface area contributed by atoms with Crippen molar-refractivity contribution in [3.8, 4) is 11.5 Å². The number of pyridine rings is 1. The summed E-state index contributed by atoms with van der Waals surface area (Å²) in [6.07, 6.45) is 4.77. The number of anilines is 1. The number of fused-ring (bicyclic) bond motifs is 1. The van der Waals surface area contributed by atoms with E-state index >= 15 is 0 Å². The van der Waals surface area contributed by atoms with Crippen molar-refractivity contribution in [2.75, 3.05) is 18.7 Å². The summed E-state index contributed by atoms with van der Waals surface area (Å²) < 4.78 is 10.5. The Kier molecular flexibility index (Phi) is 5.13. The lowest BCUT2D eigenvalue weighted by Crippen LogP contribution is -2.25. The van der Waals surface area contributed by atoms with Crippen LogP contribution in [0.5, 0.6) is 11.5 Å². The molecular weight excluding hydrogens is 322 g/mol. The molecule has 0 radical (unpaired) electrons. The lowest BCUT2D eigenvalue weighted by Gasteiger charge is -2.08. The molecular formula is C18H19N3O4. The van der Waals surface area contributed by atoms with Gasteiger partial charge in [0.1, 0.15) is 0 Å². The van der Waals surface area contributed by atoms with Crippen molar-refractivity contribution >= 4 is 17.5 Å². The Bertz CT molecular complexity index is 792. The van der Waals surface area contributed by atoms with Crippen molar-refractivity contribution in [3.63, 3.8) is 0 Å². The molecule has 0 fully saturated rings. The minimum absolute atomic E-state index is 0.172. The van der Waals surface area contributed by atoms with Gasteiger partial charge in [0.05, 0.1) is 11.1 Å². The Balaban J connectivity index is 1.68. The van der Waals surface area contributed by atoms with Crippen LogP contribution in [0.25, 0.3) is 0 Å². The highest BCUT2D eigenvalue weighted by molar-refractivity contribution is 6.06. The largest absolute Gasteiger partial charge is 0.454 e. The highest BCUT2D eigenvalue weighted by atomic mass is 16.7. The van der Waals surface area contributed by atoms with E-state index in [1.54, 1.807) is 18.2 Å². The van der Waals surface area contributed by atoms with Gasteiger partial charge < -0.3 is 20.1 Å². The molecule has 0 bridgehead atoms. The molecule has 2 amide bonds. The second-order valence-corrected chi connectivity index (χ2v) is 5.59. The summed E-state index contributed by atoms with van der Waals surface area (Å²) in [5.74, 6) is 0.638. The van der Waals surface area contributed by atoms with Gasteiger partial charge in [-0.15, -0.1) is 0 Å². The number of ether oxygens (including phenoxy) is 2. The number of nitrogens with zero attached hydrogens (tertiary/aromatic N) is 1. The van der Waals surface area contributed by atoms with E-state index in [9.17, 15) is 9.59 Å². The molecule has 130 valence electrons. The number of benzene rings is 1. The molecule has 25 heavy (non-hydrogen) atoms. The van der Waals surface area contributed by atoms with Gasteiger partial charge in [0.15, 0.2) is 11.5 Å². The predicted octanol–water partition coefficient (Wildman–Crippen LogP) is 2.59. The van der Waals surface area contributed by atoms with Gasteiger partial charge in [0.25, 0.3) is 11.8 Å². The highest BCUT2D eigenvalue weighted by Crippen LogP contribution is 2.34. The average molecular weight is 341 g/mol. The van der Waals surface area contributed by atoms with Gasteiger partial charge in [0, 0.05) is 30.7 Å². The molecule has 0 aliphatic carbocycles. The van der Waals surface area contributed by atoms with Crippen molar-refractivity contribution in [1.29, 1.82) is 0 Å². The van der Waals surface area contributed by atoms with Crippen LogP contribution in [0.2, 0.25) is 0 Å². The van der Waals surface area contributed by atoms with Crippen molar-refractivity contribution in [3.05, 3.63) is 47.8 Å². The number of hydrogen-bond acceptors (Lipinski definition) is 5. The van der Waals surface area contributed by atoms with Gasteiger partial charge in [-0.3, -0.25) is 14.6 Å². The minimum atomic E-state index is -0.352. The molecule has 2 aromatic rings. The van der Waals surface area contributed by atoms with Gasteiger partial charge in [-0.1, -0.05) is 13.3 Å². The first-order valence-electron chi connectivity index (χ1n) is 8.11. The monoisotopic (exact) mass is 341 g/mol. The van der Waals surface area contributed by atoms with Gasteiger partial charge in [-0.25, -0.2) is 0 Å². The first-order chi connectivity index (χ1) is 12.2. The quantitative estimate of drug-likeness (QED) is 0.788. The summed E-state index contributed by atoms with van der Waals surface area (Å²) in [6.45, 7) is 2.82. The van der Waals surface area contributed by atoms with E-state index in [-0.39, 0.29) is 18.6 Å². The van der Waals surface area contributed by atoms with E-state index in [0.717, 1.165) is 12.8 Å². The maximum absolute atomic E-state index is 12.4. The Morgan fingerprint density at radius 2 is 1.84 bits per heavy atom. The predicted molar refractivity (Wildman–Crippen MR) is 92.0 cm³/mol. The number of carbonyl (C=O) groups excluding carboxylic acids is 2. The fourth-order valence-electron chi connectivity index (χ4n) is 2.35. The van der Waals surface area contributed by atoms with E-state index in [0.29, 0.717) is 34.9 Å². The van der Waals surface area contributed by atoms with Crippen LogP contribution in [-0.4, -0.2) is 30.1 Å². The molecule has 0 spiro atoms. The third-order valence-corrected chi connectivity index (χ3v) is 3.71. The number of rotatable bonds is 6. The molecule has 1 aliphatic rings. The first kappa shape index (κ1) is 16.8. The smallest absolute Gasteiger partial charge is 0.257 e. The Labute approximate surface area is 145 Å². The maximum Gasteiger partial charge on any atom is 0.257 e. The first-order valence-corrected chi connectivity index (χ1v) is 8.11. The molecule has 7 heteroatoms. The summed E-state index contributed by atoms with van der Waals surface area (Å²) in [7, 11) is 0. The second kappa shape index (κ2) is 7.65. The molecule has 0 saturated carbocycles. The molecule has 2 heterocycles. The molecule has 7 nitrogen and oxygen atoms in total. The fraction of sp³-hybridized carbons (Fsp3) is 0.278. The summed E-state index contributed by atoms with van der Waals surface area (Å²) in [5.41, 5.74) is 1.24. The van der Waals surface area contributed by atoms with E-state index in [4.69, 9.17) is 9.47 Å². The molecule has 1 aliphatic heterocycles. The molecule has 2 N–H and O–H groups in total. The Morgan fingerprint density at radius 3 is 2.64 bits per heavy atom. The third kappa shape index (κ3) is 4.06. The lowest BCUT2D eigenvalue weighted by atomic mass is 10.1. The summed E-state index contributed by atoms with van der Waals surface area (Å²) in [5, 5.41) is 5.56. The molecule has 0 unspecified atom stereocenters. The van der Waals surface area contributed by atoms with Crippen molar-refractivity contribution in [2.45, 2.75) is 19.8 Å². The molecule has 3 rings (SSSR count). The summed E-state index contributed by atoms with van der Waals surface area (Å²) in [4.78, 5) is 28.5. The number of nitrogens with one attached hydrogen (secondary N) is 2. The van der Waals surface area contributed by atoms with Crippen LogP contribution in [0.3, 0.4) is 0 Å². The standard InChI is InChI=1S/C18H19N3O4/c1-2-3-6-20-17(22)12-7-13(10-19-9-12)18(23)21-14-4-5-15-16(8-14)25-11-24-15/h4-5,7-10H,2-3,6,11H2,1H3,(H,20,22)(H,21,23). The third-order valence-electron chi connectivity index (χ3n) is 3.71. The fourth-order valence-corrected chi connectivity index (χ4v) is 2.35. The summed E-state index contributed by atoms with van der Waals surface area (Å²) in [6, 6.07) is 6.67. The molecule has 1 aromatic carbocycles. The maximum atomic E-state index is 12.4. The molecule has 0 atom stereocenters. The van der Waals surface area contributed by atoms with Crippen LogP contribution in [0.15, 0.2) is 36.7 Å². The summed E-state index contributed by atoms with van der Waals surface area (Å²) >= 11 is 0. The van der Waals surface area contributed by atoms with E-state index in [2.05, 4.69) is 22.5 Å². The van der Waals surface area contributed by atoms with Crippen LogP contribution in [0.1, 0.15) is 40.5 Å². The Morgan fingerprint density at radius 1 is 1.08 bits per heavy atom. The highest BCUT2D eigenvalue weighted by Gasteiger charge is 2.15. The van der Waals surface area contributed by atoms with Crippen LogP contribution in [0.4, 0.5) is 5.69 Å². The minimum Gasteiger partial charge on any atom is -0.454 e. The van der Waals surface area contributed by atoms with Crippen molar-refractivity contribution in [2.24, 2.45) is 0 Å². The molecule has 1 aromatic heterocycles. The number of aromatic nitrogens is 1. The number of carbonyl (C=O) groups is 2. The van der Waals surface area contributed by atoms with E-state index in [1.165, 1.54) is 18.5 Å². The number of amides is 2. The van der Waals surface area contributed by atoms with Gasteiger partial charge in [0.2, 0.25) is 6.79 Å². The van der Waals surface area contributed by atoms with Gasteiger partial charge in [-0.2, -0.15) is 0 Å². The SMILES string of the molecule is CCCCNC(=O)c1cncc(C(=O)Nc2ccc3c(c2)OCO3)c1. The van der Waals surface area contributed by atoms with E-state index < -0.39 is 0 Å². The normalized spacial score (nSPS) is 11.9. The van der Waals surface area contributed by atoms with Crippen LogP contribution < -0.4 is 20.1 Å². The van der Waals surface area contributed by atoms with Crippen LogP contribution in [0, 0.1) is 0 Å². The Hall–Kier alpha value is -3.09. The topological polar surface area (TPSA) is 89.6 Å². The zero-order valence-electron chi connectivity index (χ0n) is 13.9. The number of unbranched alkanes of at least 4 members (excludes halogenated alkanes) is 1. The van der Waals surface area contributed by atoms with Crippen molar-refractivity contribution < 1.29 is 19.1 Å². The van der Waals surface area contributed by atoms with Crippen molar-refractivity contribution in [1.82, 2.24) is 10.3 Å². The average Bonchev–Trinajstić information content (AvgIpc) is 3.09. The van der Waals surface area contributed by atoms with E-state index in [1.807, 2.05) is 0 Å². The lowest BCUT2D eigenvalue weighted by molar-refractivity contribution is 0.0952. The zero-order chi connectivity index (χ0) is 17.6. The molecule has 0 saturated heterocycles. The zero-order valence-corrected chi connectivity index (χ0v) is 13.9. The van der Waals surface area contributed by atoms with Crippen LogP contribution in [-0.2, 0) is 0 Å². The number of hydrogen-bond donors (Lipinski definition) is 2. The second-order valence-electron chi connectivity index (χ2n) is 5.59. The van der Waals surface area contributed by atoms with Gasteiger partial charge in [-0.05, 0) is 24.6 Å². The van der Waals surface area contributed by atoms with Gasteiger partial charge >= 0.3 is 0 Å².